The number of carbonyl (C=O) groups excluding carboxylic acids is 1. The molecule has 1 rings (SSSR count). The Morgan fingerprint density at radius 1 is 1.53 bits per heavy atom. The van der Waals surface area contributed by atoms with Crippen LogP contribution in [0.4, 0.5) is 0 Å². The van der Waals surface area contributed by atoms with Gasteiger partial charge in [0, 0.05) is 20.1 Å². The zero-order chi connectivity index (χ0) is 14.6. The van der Waals surface area contributed by atoms with Gasteiger partial charge < -0.3 is 10.0 Å². The Balaban J connectivity index is 3.32. The third-order valence-electron chi connectivity index (χ3n) is 2.95. The van der Waals surface area contributed by atoms with E-state index in [1.165, 1.54) is 11.9 Å². The molecule has 1 heterocycles. The molecule has 1 N–H and O–H groups in total. The lowest BCUT2D eigenvalue weighted by molar-refractivity contribution is 0.0739. The first-order valence-corrected chi connectivity index (χ1v) is 5.99. The van der Waals surface area contributed by atoms with Crippen molar-refractivity contribution in [3.63, 3.8) is 0 Å². The molecule has 0 saturated carbocycles. The molecule has 1 aromatic rings. The molecule has 0 aromatic carbocycles. The van der Waals surface area contributed by atoms with E-state index < -0.39 is 11.5 Å². The first-order valence-electron chi connectivity index (χ1n) is 5.99. The molecule has 0 saturated heterocycles. The Kier molecular flexibility index (Phi) is 5.00. The van der Waals surface area contributed by atoms with Crippen LogP contribution in [0.3, 0.4) is 0 Å². The zero-order valence-electron chi connectivity index (χ0n) is 11.5. The van der Waals surface area contributed by atoms with Crippen LogP contribution in [0.25, 0.3) is 0 Å². The summed E-state index contributed by atoms with van der Waals surface area (Å²) in [6.45, 7) is 7.29. The van der Waals surface area contributed by atoms with Crippen LogP contribution >= 0.6 is 0 Å². The van der Waals surface area contributed by atoms with E-state index in [4.69, 9.17) is 5.11 Å². The highest BCUT2D eigenvalue weighted by atomic mass is 16.3. The topological polar surface area (TPSA) is 75.4 Å². The maximum absolute atomic E-state index is 12.4. The van der Waals surface area contributed by atoms with Crippen molar-refractivity contribution >= 4 is 5.91 Å². The van der Waals surface area contributed by atoms with Crippen molar-refractivity contribution in [2.75, 3.05) is 19.7 Å². The van der Waals surface area contributed by atoms with Gasteiger partial charge in [-0.1, -0.05) is 6.08 Å². The Hall–Kier alpha value is -1.95. The van der Waals surface area contributed by atoms with Crippen molar-refractivity contribution in [1.82, 2.24) is 14.7 Å². The van der Waals surface area contributed by atoms with Crippen LogP contribution in [0.2, 0.25) is 0 Å². The third-order valence-corrected chi connectivity index (χ3v) is 2.95. The first-order chi connectivity index (χ1) is 8.93. The maximum Gasteiger partial charge on any atom is 0.279 e. The number of carbonyl (C=O) groups is 1. The smallest absolute Gasteiger partial charge is 0.279 e. The predicted molar refractivity (Wildman–Crippen MR) is 72.1 cm³/mol. The number of hydrogen-bond donors (Lipinski definition) is 1. The van der Waals surface area contributed by atoms with Crippen molar-refractivity contribution in [2.45, 2.75) is 13.8 Å². The van der Waals surface area contributed by atoms with E-state index >= 15 is 0 Å². The van der Waals surface area contributed by atoms with Crippen molar-refractivity contribution in [3.05, 3.63) is 39.8 Å². The van der Waals surface area contributed by atoms with Gasteiger partial charge in [-0.25, -0.2) is 4.68 Å². The van der Waals surface area contributed by atoms with Crippen molar-refractivity contribution in [1.29, 1.82) is 0 Å². The van der Waals surface area contributed by atoms with Gasteiger partial charge in [-0.3, -0.25) is 9.59 Å². The van der Waals surface area contributed by atoms with Crippen LogP contribution in [-0.4, -0.2) is 45.4 Å². The second-order valence-electron chi connectivity index (χ2n) is 4.28. The molecule has 0 aliphatic rings. The highest BCUT2D eigenvalue weighted by Crippen LogP contribution is 2.09. The number of rotatable bonds is 5. The molecule has 104 valence electrons. The van der Waals surface area contributed by atoms with Crippen LogP contribution in [-0.2, 0) is 7.05 Å². The normalized spacial score (nSPS) is 10.3. The molecule has 0 aliphatic heterocycles. The molecule has 6 heteroatoms. The molecule has 19 heavy (non-hydrogen) atoms. The van der Waals surface area contributed by atoms with Crippen molar-refractivity contribution in [3.8, 4) is 0 Å². The van der Waals surface area contributed by atoms with E-state index in [0.29, 0.717) is 11.3 Å². The highest BCUT2D eigenvalue weighted by Gasteiger charge is 2.22. The molecule has 0 bridgehead atoms. The molecule has 0 unspecified atom stereocenters. The summed E-state index contributed by atoms with van der Waals surface area (Å²) in [5.74, 6) is -0.405. The Bertz CT molecular complexity index is 549. The monoisotopic (exact) mass is 265 g/mol. The standard InChI is InChI=1S/C13H19N3O3/c1-5-6-16(7-8-17)13(19)11-9(2)10(3)14-15(4)12(11)18/h5,17H,1,6-8H2,2-4H3. The highest BCUT2D eigenvalue weighted by molar-refractivity contribution is 5.95. The summed E-state index contributed by atoms with van der Waals surface area (Å²) in [5, 5.41) is 13.0. The second kappa shape index (κ2) is 6.29. The maximum atomic E-state index is 12.4. The number of amides is 1. The van der Waals surface area contributed by atoms with Crippen molar-refractivity contribution in [2.24, 2.45) is 7.05 Å². The van der Waals surface area contributed by atoms with E-state index in [1.54, 1.807) is 19.9 Å². The molecule has 1 aromatic heterocycles. The average molecular weight is 265 g/mol. The summed E-state index contributed by atoms with van der Waals surface area (Å²) in [5.41, 5.74) is 0.874. The summed E-state index contributed by atoms with van der Waals surface area (Å²) >= 11 is 0. The van der Waals surface area contributed by atoms with Crippen LogP contribution in [0.15, 0.2) is 17.4 Å². The first kappa shape index (κ1) is 15.1. The minimum Gasteiger partial charge on any atom is -0.395 e. The number of aliphatic hydroxyl groups is 1. The Labute approximate surface area is 112 Å². The molecule has 1 amide bonds. The van der Waals surface area contributed by atoms with Crippen molar-refractivity contribution < 1.29 is 9.90 Å². The van der Waals surface area contributed by atoms with E-state index in [2.05, 4.69) is 11.7 Å². The summed E-state index contributed by atoms with van der Waals surface area (Å²) in [4.78, 5) is 25.8. The van der Waals surface area contributed by atoms with Gasteiger partial charge >= 0.3 is 0 Å². The lowest BCUT2D eigenvalue weighted by Gasteiger charge is -2.21. The lowest BCUT2D eigenvalue weighted by Crippen LogP contribution is -2.39. The van der Waals surface area contributed by atoms with Gasteiger partial charge in [-0.05, 0) is 19.4 Å². The van der Waals surface area contributed by atoms with Crippen LogP contribution in [0.5, 0.6) is 0 Å². The number of nitrogens with zero attached hydrogens (tertiary/aromatic N) is 3. The molecule has 0 fully saturated rings. The molecule has 0 radical (unpaired) electrons. The fourth-order valence-electron chi connectivity index (χ4n) is 1.81. The van der Waals surface area contributed by atoms with Gasteiger partial charge in [0.2, 0.25) is 0 Å². The molecular weight excluding hydrogens is 246 g/mol. The van der Waals surface area contributed by atoms with Gasteiger partial charge in [0.1, 0.15) is 5.56 Å². The second-order valence-corrected chi connectivity index (χ2v) is 4.28. The largest absolute Gasteiger partial charge is 0.395 e. The average Bonchev–Trinajstić information content (AvgIpc) is 2.36. The van der Waals surface area contributed by atoms with E-state index in [9.17, 15) is 9.59 Å². The van der Waals surface area contributed by atoms with Crippen LogP contribution < -0.4 is 5.56 Å². The SMILES string of the molecule is C=CCN(CCO)C(=O)c1c(C)c(C)nn(C)c1=O. The number of hydrogen-bond acceptors (Lipinski definition) is 4. The number of aliphatic hydroxyl groups excluding tert-OH is 1. The Morgan fingerprint density at radius 3 is 2.68 bits per heavy atom. The molecule has 0 spiro atoms. The molecule has 6 nitrogen and oxygen atoms in total. The quantitative estimate of drug-likeness (QED) is 0.761. The lowest BCUT2D eigenvalue weighted by atomic mass is 10.1. The fourth-order valence-corrected chi connectivity index (χ4v) is 1.81. The third kappa shape index (κ3) is 3.08. The minimum absolute atomic E-state index is 0.102. The van der Waals surface area contributed by atoms with Gasteiger partial charge in [0.25, 0.3) is 11.5 Å². The summed E-state index contributed by atoms with van der Waals surface area (Å²) in [6.07, 6.45) is 1.56. The van der Waals surface area contributed by atoms with Gasteiger partial charge in [0.05, 0.1) is 12.3 Å². The zero-order valence-corrected chi connectivity index (χ0v) is 11.5. The van der Waals surface area contributed by atoms with Crippen LogP contribution in [0, 0.1) is 13.8 Å². The number of aromatic nitrogens is 2. The summed E-state index contributed by atoms with van der Waals surface area (Å²) in [6, 6.07) is 0. The molecule has 0 atom stereocenters. The number of aryl methyl sites for hydroxylation is 2. The minimum atomic E-state index is -0.430. The predicted octanol–water partition coefficient (Wildman–Crippen LogP) is 0.0176. The van der Waals surface area contributed by atoms with Crippen LogP contribution in [0.1, 0.15) is 21.6 Å². The van der Waals surface area contributed by atoms with E-state index in [1.807, 2.05) is 0 Å². The summed E-state index contributed by atoms with van der Waals surface area (Å²) < 4.78 is 1.15. The summed E-state index contributed by atoms with van der Waals surface area (Å²) in [7, 11) is 1.51. The molecule has 0 aliphatic carbocycles. The van der Waals surface area contributed by atoms with E-state index in [0.717, 1.165) is 4.68 Å². The van der Waals surface area contributed by atoms with E-state index in [-0.39, 0.29) is 25.3 Å². The van der Waals surface area contributed by atoms with Gasteiger partial charge in [-0.15, -0.1) is 6.58 Å². The van der Waals surface area contributed by atoms with Gasteiger partial charge in [-0.2, -0.15) is 5.10 Å². The Morgan fingerprint density at radius 2 is 2.16 bits per heavy atom. The molecular formula is C13H19N3O3. The van der Waals surface area contributed by atoms with Gasteiger partial charge in [0.15, 0.2) is 0 Å². The fraction of sp³-hybridized carbons (Fsp3) is 0.462.